The molecule has 1 saturated heterocycles. The van der Waals surface area contributed by atoms with Crippen molar-refractivity contribution in [3.05, 3.63) is 34.9 Å². The Morgan fingerprint density at radius 3 is 2.71 bits per heavy atom. The third kappa shape index (κ3) is 7.38. The van der Waals surface area contributed by atoms with Gasteiger partial charge < -0.3 is 19.7 Å². The second kappa shape index (κ2) is 9.78. The Morgan fingerprint density at radius 1 is 1.29 bits per heavy atom. The van der Waals surface area contributed by atoms with Gasteiger partial charge in [-0.1, -0.05) is 23.7 Å². The highest BCUT2D eigenvalue weighted by Crippen LogP contribution is 2.18. The Balaban J connectivity index is 1.77. The summed E-state index contributed by atoms with van der Waals surface area (Å²) in [6.07, 6.45) is 1.07. The highest BCUT2D eigenvalue weighted by atomic mass is 35.5. The number of carbonyl (C=O) groups is 3. The van der Waals surface area contributed by atoms with Gasteiger partial charge in [0.15, 0.2) is 0 Å². The van der Waals surface area contributed by atoms with Crippen molar-refractivity contribution in [1.82, 2.24) is 10.2 Å². The summed E-state index contributed by atoms with van der Waals surface area (Å²) >= 11 is 5.92. The van der Waals surface area contributed by atoms with Crippen LogP contribution in [0.3, 0.4) is 0 Å². The summed E-state index contributed by atoms with van der Waals surface area (Å²) < 4.78 is 10.5. The average Bonchev–Trinajstić information content (AvgIpc) is 3.05. The third-order valence-corrected chi connectivity index (χ3v) is 4.39. The smallest absolute Gasteiger partial charge is 0.408 e. The number of rotatable bonds is 6. The molecule has 1 aromatic rings. The first kappa shape index (κ1) is 22.0. The van der Waals surface area contributed by atoms with Crippen LogP contribution in [0.2, 0.25) is 5.02 Å². The summed E-state index contributed by atoms with van der Waals surface area (Å²) in [6.45, 7) is 5.82. The molecule has 8 heteroatoms. The van der Waals surface area contributed by atoms with Gasteiger partial charge in [0.05, 0.1) is 12.5 Å². The van der Waals surface area contributed by atoms with Crippen molar-refractivity contribution in [2.75, 3.05) is 19.7 Å². The zero-order valence-electron chi connectivity index (χ0n) is 16.5. The molecule has 154 valence electrons. The number of hydrogen-bond acceptors (Lipinski definition) is 5. The standard InChI is InChI=1S/C20H27ClN2O5/c1-20(2,3)28-19(26)22-12-17(24)23-9-5-8-16(23)13-27-18(25)11-14-6-4-7-15(21)10-14/h4,6-7,10,16H,5,8-9,11-13H2,1-3H3,(H,22,26)/t16-/m0/s1. The zero-order valence-corrected chi connectivity index (χ0v) is 17.3. The van der Waals surface area contributed by atoms with E-state index in [1.54, 1.807) is 49.9 Å². The molecule has 7 nitrogen and oxygen atoms in total. The topological polar surface area (TPSA) is 84.9 Å². The van der Waals surface area contributed by atoms with E-state index in [4.69, 9.17) is 21.1 Å². The molecule has 1 atom stereocenters. The lowest BCUT2D eigenvalue weighted by molar-refractivity contribution is -0.146. The molecule has 0 aromatic heterocycles. The van der Waals surface area contributed by atoms with E-state index >= 15 is 0 Å². The Kier molecular flexibility index (Phi) is 7.69. The van der Waals surface area contributed by atoms with Gasteiger partial charge in [0.1, 0.15) is 18.8 Å². The molecule has 1 aromatic carbocycles. The molecule has 0 aliphatic carbocycles. The van der Waals surface area contributed by atoms with Gasteiger partial charge >= 0.3 is 12.1 Å². The maximum absolute atomic E-state index is 12.4. The molecule has 1 fully saturated rings. The van der Waals surface area contributed by atoms with Crippen LogP contribution in [0.5, 0.6) is 0 Å². The van der Waals surface area contributed by atoms with E-state index in [1.807, 2.05) is 0 Å². The number of hydrogen-bond donors (Lipinski definition) is 1. The van der Waals surface area contributed by atoms with Crippen LogP contribution in [-0.2, 0) is 25.5 Å². The first-order valence-corrected chi connectivity index (χ1v) is 9.68. The van der Waals surface area contributed by atoms with Crippen molar-refractivity contribution < 1.29 is 23.9 Å². The fourth-order valence-electron chi connectivity index (χ4n) is 2.95. The number of nitrogens with zero attached hydrogens (tertiary/aromatic N) is 1. The predicted molar refractivity (Wildman–Crippen MR) is 105 cm³/mol. The molecular weight excluding hydrogens is 384 g/mol. The summed E-state index contributed by atoms with van der Waals surface area (Å²) in [6, 6.07) is 6.86. The molecule has 0 radical (unpaired) electrons. The molecule has 1 aliphatic heterocycles. The van der Waals surface area contributed by atoms with E-state index in [1.165, 1.54) is 0 Å². The van der Waals surface area contributed by atoms with Gasteiger partial charge in [-0.3, -0.25) is 9.59 Å². The largest absolute Gasteiger partial charge is 0.463 e. The van der Waals surface area contributed by atoms with Crippen molar-refractivity contribution in [1.29, 1.82) is 0 Å². The normalized spacial score (nSPS) is 16.6. The highest BCUT2D eigenvalue weighted by Gasteiger charge is 2.30. The Labute approximate surface area is 170 Å². The second-order valence-corrected chi connectivity index (χ2v) is 8.16. The fourth-order valence-corrected chi connectivity index (χ4v) is 3.17. The van der Waals surface area contributed by atoms with Crippen LogP contribution in [0.1, 0.15) is 39.2 Å². The Morgan fingerprint density at radius 2 is 2.04 bits per heavy atom. The molecule has 1 heterocycles. The molecule has 1 aliphatic rings. The number of esters is 1. The number of halogens is 1. The summed E-state index contributed by atoms with van der Waals surface area (Å²) in [5.41, 5.74) is 0.152. The second-order valence-electron chi connectivity index (χ2n) is 7.73. The van der Waals surface area contributed by atoms with E-state index in [0.717, 1.165) is 18.4 Å². The van der Waals surface area contributed by atoms with E-state index in [2.05, 4.69) is 5.32 Å². The molecule has 0 saturated carbocycles. The lowest BCUT2D eigenvalue weighted by Gasteiger charge is -2.25. The van der Waals surface area contributed by atoms with Crippen LogP contribution in [0, 0.1) is 0 Å². The molecule has 28 heavy (non-hydrogen) atoms. The molecule has 0 bridgehead atoms. The number of carbonyl (C=O) groups excluding carboxylic acids is 3. The summed E-state index contributed by atoms with van der Waals surface area (Å²) in [7, 11) is 0. The molecular formula is C20H27ClN2O5. The van der Waals surface area contributed by atoms with Crippen LogP contribution in [0.25, 0.3) is 0 Å². The van der Waals surface area contributed by atoms with Gasteiger partial charge in [-0.15, -0.1) is 0 Å². The number of ether oxygens (including phenoxy) is 2. The van der Waals surface area contributed by atoms with Crippen LogP contribution < -0.4 is 5.32 Å². The molecule has 0 unspecified atom stereocenters. The Bertz CT molecular complexity index is 717. The highest BCUT2D eigenvalue weighted by molar-refractivity contribution is 6.30. The maximum Gasteiger partial charge on any atom is 0.408 e. The van der Waals surface area contributed by atoms with Gasteiger partial charge in [0.2, 0.25) is 5.91 Å². The van der Waals surface area contributed by atoms with Gasteiger partial charge in [-0.25, -0.2) is 4.79 Å². The van der Waals surface area contributed by atoms with Crippen LogP contribution in [-0.4, -0.2) is 54.2 Å². The zero-order chi connectivity index (χ0) is 20.7. The summed E-state index contributed by atoms with van der Waals surface area (Å²) in [5, 5.41) is 3.03. The van der Waals surface area contributed by atoms with E-state index < -0.39 is 11.7 Å². The maximum atomic E-state index is 12.4. The van der Waals surface area contributed by atoms with Crippen molar-refractivity contribution >= 4 is 29.6 Å². The number of benzene rings is 1. The lowest BCUT2D eigenvalue weighted by Crippen LogP contribution is -2.45. The molecule has 2 amide bonds. The minimum Gasteiger partial charge on any atom is -0.463 e. The van der Waals surface area contributed by atoms with Gasteiger partial charge in [0.25, 0.3) is 0 Å². The predicted octanol–water partition coefficient (Wildman–Crippen LogP) is 2.94. The number of nitrogens with one attached hydrogen (secondary N) is 1. The number of amides is 2. The first-order chi connectivity index (χ1) is 13.1. The summed E-state index contributed by atoms with van der Waals surface area (Å²) in [4.78, 5) is 37.8. The first-order valence-electron chi connectivity index (χ1n) is 9.30. The Hall–Kier alpha value is -2.28. The van der Waals surface area contributed by atoms with Crippen molar-refractivity contribution in [3.8, 4) is 0 Å². The quantitative estimate of drug-likeness (QED) is 0.729. The third-order valence-electron chi connectivity index (χ3n) is 4.15. The molecule has 0 spiro atoms. The number of alkyl carbamates (subject to hydrolysis) is 1. The summed E-state index contributed by atoms with van der Waals surface area (Å²) in [5.74, 6) is -0.590. The van der Waals surface area contributed by atoms with E-state index in [-0.39, 0.29) is 37.5 Å². The van der Waals surface area contributed by atoms with Gasteiger partial charge in [0, 0.05) is 11.6 Å². The van der Waals surface area contributed by atoms with Crippen molar-refractivity contribution in [2.24, 2.45) is 0 Å². The van der Waals surface area contributed by atoms with E-state index in [0.29, 0.717) is 11.6 Å². The molecule has 2 rings (SSSR count). The minimum atomic E-state index is -0.635. The number of likely N-dealkylation sites (tertiary alicyclic amines) is 1. The van der Waals surface area contributed by atoms with Crippen molar-refractivity contribution in [3.63, 3.8) is 0 Å². The fraction of sp³-hybridized carbons (Fsp3) is 0.550. The lowest BCUT2D eigenvalue weighted by atomic mass is 10.1. The van der Waals surface area contributed by atoms with Gasteiger partial charge in [-0.2, -0.15) is 0 Å². The van der Waals surface area contributed by atoms with Crippen molar-refractivity contribution in [2.45, 2.75) is 51.7 Å². The average molecular weight is 411 g/mol. The SMILES string of the molecule is CC(C)(C)OC(=O)NCC(=O)N1CCC[C@H]1COC(=O)Cc1cccc(Cl)c1. The van der Waals surface area contributed by atoms with Crippen LogP contribution in [0.4, 0.5) is 4.79 Å². The molecule has 1 N–H and O–H groups in total. The monoisotopic (exact) mass is 410 g/mol. The minimum absolute atomic E-state index is 0.126. The van der Waals surface area contributed by atoms with Gasteiger partial charge in [-0.05, 0) is 51.3 Å². The van der Waals surface area contributed by atoms with Crippen LogP contribution >= 0.6 is 11.6 Å². The van der Waals surface area contributed by atoms with E-state index in [9.17, 15) is 14.4 Å². The van der Waals surface area contributed by atoms with Crippen LogP contribution in [0.15, 0.2) is 24.3 Å².